The molecule has 2 unspecified atom stereocenters. The molecule has 0 heterocycles. The quantitative estimate of drug-likeness (QED) is 0.0321. The van der Waals surface area contributed by atoms with Crippen LogP contribution in [0.2, 0.25) is 0 Å². The number of rotatable bonds is 57. The highest BCUT2D eigenvalue weighted by molar-refractivity contribution is 5.76. The van der Waals surface area contributed by atoms with Gasteiger partial charge in [0.1, 0.15) is 0 Å². The van der Waals surface area contributed by atoms with Crippen molar-refractivity contribution in [3.05, 3.63) is 24.3 Å². The molecule has 3 N–H and O–H groups in total. The summed E-state index contributed by atoms with van der Waals surface area (Å²) in [5.74, 6) is -0.0574. The van der Waals surface area contributed by atoms with E-state index >= 15 is 0 Å². The normalized spacial score (nSPS) is 12.7. The van der Waals surface area contributed by atoms with Gasteiger partial charge in [-0.25, -0.2) is 0 Å². The Kier molecular flexibility index (Phi) is 56.5. The van der Waals surface area contributed by atoms with Gasteiger partial charge >= 0.3 is 5.97 Å². The van der Waals surface area contributed by atoms with Gasteiger partial charge in [-0.15, -0.1) is 0 Å². The number of esters is 1. The van der Waals surface area contributed by atoms with Crippen molar-refractivity contribution in [1.82, 2.24) is 5.32 Å². The van der Waals surface area contributed by atoms with Crippen molar-refractivity contribution in [3.63, 3.8) is 0 Å². The first-order valence-corrected chi connectivity index (χ1v) is 30.6. The number of carbonyl (C=O) groups excluding carboxylic acids is 2. The lowest BCUT2D eigenvalue weighted by atomic mass is 10.0. The van der Waals surface area contributed by atoms with Crippen LogP contribution in [0.25, 0.3) is 0 Å². The van der Waals surface area contributed by atoms with Gasteiger partial charge in [0.25, 0.3) is 0 Å². The smallest absolute Gasteiger partial charge is 0.305 e. The fourth-order valence-corrected chi connectivity index (χ4v) is 9.51. The van der Waals surface area contributed by atoms with Gasteiger partial charge < -0.3 is 20.3 Å². The number of aliphatic hydroxyl groups excluding tert-OH is 2. The van der Waals surface area contributed by atoms with Crippen LogP contribution in [0.3, 0.4) is 0 Å². The number of nitrogens with one attached hydrogen (secondary N) is 1. The van der Waals surface area contributed by atoms with Crippen molar-refractivity contribution in [3.8, 4) is 0 Å². The second-order valence-electron chi connectivity index (χ2n) is 21.0. The van der Waals surface area contributed by atoms with E-state index in [0.717, 1.165) is 38.5 Å². The number of hydrogen-bond acceptors (Lipinski definition) is 5. The average Bonchev–Trinajstić information content (AvgIpc) is 3.34. The second-order valence-corrected chi connectivity index (χ2v) is 21.0. The van der Waals surface area contributed by atoms with Crippen LogP contribution in [0, 0.1) is 0 Å². The number of carbonyl (C=O) groups is 2. The number of hydrogen-bond donors (Lipinski definition) is 3. The van der Waals surface area contributed by atoms with E-state index in [1.807, 2.05) is 6.08 Å². The van der Waals surface area contributed by atoms with Crippen molar-refractivity contribution in [1.29, 1.82) is 0 Å². The Bertz CT molecular complexity index is 1060. The van der Waals surface area contributed by atoms with Crippen molar-refractivity contribution in [2.75, 3.05) is 13.2 Å². The van der Waals surface area contributed by atoms with Crippen LogP contribution in [0.1, 0.15) is 335 Å². The van der Waals surface area contributed by atoms with Gasteiger partial charge in [0.15, 0.2) is 0 Å². The first-order valence-electron chi connectivity index (χ1n) is 30.6. The molecule has 0 fully saturated rings. The molecule has 402 valence electrons. The molecule has 1 amide bonds. The van der Waals surface area contributed by atoms with E-state index in [9.17, 15) is 19.8 Å². The summed E-state index contributed by atoms with van der Waals surface area (Å²) in [5.41, 5.74) is 0. The van der Waals surface area contributed by atoms with E-state index in [4.69, 9.17) is 4.74 Å². The SMILES string of the molecule is CCCCCCCCCCC/C=C/C(O)C(CO)NC(=O)CCCCCCCCCC/C=C\CCCCCCCCCCCCCCOC(=O)CCCCCCCCCCCCCCCCCC. The van der Waals surface area contributed by atoms with Crippen LogP contribution in [0.5, 0.6) is 0 Å². The van der Waals surface area contributed by atoms with Crippen LogP contribution in [0.4, 0.5) is 0 Å². The minimum atomic E-state index is -0.845. The maximum atomic E-state index is 12.4. The minimum Gasteiger partial charge on any atom is -0.466 e. The van der Waals surface area contributed by atoms with Crippen molar-refractivity contribution >= 4 is 11.9 Å². The Balaban J connectivity index is 3.38. The van der Waals surface area contributed by atoms with E-state index in [1.54, 1.807) is 6.08 Å². The molecule has 0 saturated heterocycles. The van der Waals surface area contributed by atoms with Crippen molar-refractivity contribution in [2.45, 2.75) is 347 Å². The zero-order valence-corrected chi connectivity index (χ0v) is 45.9. The maximum Gasteiger partial charge on any atom is 0.305 e. The molecule has 0 rings (SSSR count). The molecule has 0 bridgehead atoms. The molecule has 0 aliphatic heterocycles. The summed E-state index contributed by atoms with van der Waals surface area (Å²) < 4.78 is 5.49. The van der Waals surface area contributed by atoms with E-state index < -0.39 is 12.1 Å². The molecule has 6 heteroatoms. The minimum absolute atomic E-state index is 0.0156. The molecule has 0 spiro atoms. The molecule has 68 heavy (non-hydrogen) atoms. The first kappa shape index (κ1) is 66.3. The maximum absolute atomic E-state index is 12.4. The molecule has 0 aromatic carbocycles. The number of aliphatic hydroxyl groups is 2. The van der Waals surface area contributed by atoms with E-state index in [2.05, 4.69) is 31.3 Å². The molecule has 2 atom stereocenters. The van der Waals surface area contributed by atoms with Gasteiger partial charge in [-0.1, -0.05) is 289 Å². The zero-order valence-electron chi connectivity index (χ0n) is 45.9. The highest BCUT2D eigenvalue weighted by atomic mass is 16.5. The monoisotopic (exact) mass is 958 g/mol. The largest absolute Gasteiger partial charge is 0.466 e. The third-order valence-electron chi connectivity index (χ3n) is 14.2. The molecule has 6 nitrogen and oxygen atoms in total. The highest BCUT2D eigenvalue weighted by Gasteiger charge is 2.18. The third-order valence-corrected chi connectivity index (χ3v) is 14.2. The molecule has 0 aromatic heterocycles. The van der Waals surface area contributed by atoms with Crippen LogP contribution in [-0.4, -0.2) is 47.4 Å². The Morgan fingerprint density at radius 1 is 0.397 bits per heavy atom. The predicted molar refractivity (Wildman–Crippen MR) is 296 cm³/mol. The summed E-state index contributed by atoms with van der Waals surface area (Å²) >= 11 is 0. The van der Waals surface area contributed by atoms with Crippen LogP contribution in [-0.2, 0) is 14.3 Å². The lowest BCUT2D eigenvalue weighted by Crippen LogP contribution is -2.45. The van der Waals surface area contributed by atoms with Gasteiger partial charge in [-0.3, -0.25) is 9.59 Å². The molecule has 0 aliphatic rings. The van der Waals surface area contributed by atoms with Crippen LogP contribution >= 0.6 is 0 Å². The summed E-state index contributed by atoms with van der Waals surface area (Å²) in [5, 5.41) is 23.0. The number of unbranched alkanes of at least 4 members (excludes halogenated alkanes) is 44. The van der Waals surface area contributed by atoms with Gasteiger partial charge in [-0.05, 0) is 57.8 Å². The Morgan fingerprint density at radius 2 is 0.691 bits per heavy atom. The van der Waals surface area contributed by atoms with Gasteiger partial charge in [0.05, 0.1) is 25.4 Å². The van der Waals surface area contributed by atoms with Crippen LogP contribution < -0.4 is 5.32 Å². The van der Waals surface area contributed by atoms with Gasteiger partial charge in [-0.2, -0.15) is 0 Å². The topological polar surface area (TPSA) is 95.9 Å². The third kappa shape index (κ3) is 53.7. The average molecular weight is 959 g/mol. The summed E-state index contributed by atoms with van der Waals surface area (Å²) in [6.07, 6.45) is 70.8. The van der Waals surface area contributed by atoms with E-state index in [0.29, 0.717) is 19.4 Å². The molecule has 0 aliphatic carbocycles. The van der Waals surface area contributed by atoms with Crippen molar-refractivity contribution in [2.24, 2.45) is 0 Å². The predicted octanol–water partition coefficient (Wildman–Crippen LogP) is 19.0. The highest BCUT2D eigenvalue weighted by Crippen LogP contribution is 2.17. The zero-order chi connectivity index (χ0) is 49.3. The number of ether oxygens (including phenoxy) is 1. The molecular formula is C62H119NO5. The summed E-state index contributed by atoms with van der Waals surface area (Å²) in [6, 6.07) is -0.629. The van der Waals surface area contributed by atoms with E-state index in [1.165, 1.54) is 270 Å². The fraction of sp³-hybridized carbons (Fsp3) is 0.903. The fourth-order valence-electron chi connectivity index (χ4n) is 9.51. The molecule has 0 aromatic rings. The standard InChI is InChI=1S/C62H119NO5/c1-3-5-7-9-11-13-15-16-17-29-32-36-40-44-48-52-56-62(67)68-57-53-49-45-41-37-33-30-27-25-23-21-19-18-20-22-24-26-28-31-35-39-43-47-51-55-61(66)63-59(58-64)60(65)54-50-46-42-38-34-14-12-10-8-6-4-2/h20,22,50,54,59-60,64-65H,3-19,21,23-49,51-53,55-58H2,1-2H3,(H,63,66)/b22-20-,54-50+. The molecule has 0 radical (unpaired) electrons. The second kappa shape index (κ2) is 57.9. The summed E-state index contributed by atoms with van der Waals surface area (Å²) in [4.78, 5) is 24.5. The van der Waals surface area contributed by atoms with E-state index in [-0.39, 0.29) is 18.5 Å². The Morgan fingerprint density at radius 3 is 1.04 bits per heavy atom. The van der Waals surface area contributed by atoms with Gasteiger partial charge in [0, 0.05) is 12.8 Å². The van der Waals surface area contributed by atoms with Gasteiger partial charge in [0.2, 0.25) is 5.91 Å². The first-order chi connectivity index (χ1) is 33.5. The number of amides is 1. The molecular weight excluding hydrogens is 839 g/mol. The van der Waals surface area contributed by atoms with Crippen LogP contribution in [0.15, 0.2) is 24.3 Å². The summed E-state index contributed by atoms with van der Waals surface area (Å²) in [7, 11) is 0. The van der Waals surface area contributed by atoms with Crippen molar-refractivity contribution < 1.29 is 24.5 Å². The Hall–Kier alpha value is -1.66. The lowest BCUT2D eigenvalue weighted by Gasteiger charge is -2.20. The number of allylic oxidation sites excluding steroid dienone is 3. The summed E-state index contributed by atoms with van der Waals surface area (Å²) in [6.45, 7) is 4.91. The molecule has 0 saturated carbocycles. The lowest BCUT2D eigenvalue weighted by molar-refractivity contribution is -0.143. The Labute approximate surface area is 424 Å².